The molecule has 0 saturated carbocycles. The van der Waals surface area contributed by atoms with Crippen molar-refractivity contribution >= 4 is 40.2 Å². The molecule has 1 aliphatic heterocycles. The summed E-state index contributed by atoms with van der Waals surface area (Å²) in [6.07, 6.45) is 7.40. The van der Waals surface area contributed by atoms with Crippen molar-refractivity contribution in [1.29, 1.82) is 0 Å². The first-order chi connectivity index (χ1) is 14.1. The van der Waals surface area contributed by atoms with Crippen LogP contribution in [0, 0.1) is 0 Å². The first-order valence-electron chi connectivity index (χ1n) is 9.67. The molecule has 0 spiro atoms. The third-order valence-corrected chi connectivity index (χ3v) is 5.09. The standard InChI is InChI=1S/C22H23N5O2/c23-21(29)17(15-6-2-1-3-7-15)12-16-13-25-22-20(16)18(8-9-24-22)26-19(28)14-27-10-4-5-11-27/h1-3,6-9,12-13H,4-5,10-11,14H2,(H2,23,29)(H2,24,25,26,28). The second-order valence-corrected chi connectivity index (χ2v) is 7.15. The summed E-state index contributed by atoms with van der Waals surface area (Å²) in [7, 11) is 0. The number of fused-ring (bicyclic) bond motifs is 1. The Morgan fingerprint density at radius 2 is 1.93 bits per heavy atom. The van der Waals surface area contributed by atoms with Gasteiger partial charge in [-0.05, 0) is 43.6 Å². The minimum atomic E-state index is -0.519. The molecule has 7 heteroatoms. The van der Waals surface area contributed by atoms with E-state index >= 15 is 0 Å². The number of hydrogen-bond donors (Lipinski definition) is 3. The van der Waals surface area contributed by atoms with E-state index in [0.717, 1.165) is 42.4 Å². The van der Waals surface area contributed by atoms with Crippen LogP contribution in [-0.2, 0) is 9.59 Å². The Kier molecular flexibility index (Phi) is 5.39. The molecule has 148 valence electrons. The zero-order valence-corrected chi connectivity index (χ0v) is 16.0. The molecule has 0 bridgehead atoms. The molecule has 1 saturated heterocycles. The molecular formula is C22H23N5O2. The molecule has 4 N–H and O–H groups in total. The number of H-pyrrole nitrogens is 1. The zero-order chi connectivity index (χ0) is 20.2. The van der Waals surface area contributed by atoms with Gasteiger partial charge in [0.2, 0.25) is 11.8 Å². The number of pyridine rings is 1. The molecule has 1 aromatic carbocycles. The topological polar surface area (TPSA) is 104 Å². The molecule has 2 amide bonds. The summed E-state index contributed by atoms with van der Waals surface area (Å²) in [5.41, 5.74) is 8.78. The van der Waals surface area contributed by atoms with Crippen molar-refractivity contribution in [3.8, 4) is 0 Å². The number of hydrogen-bond acceptors (Lipinski definition) is 4. The van der Waals surface area contributed by atoms with Crippen LogP contribution >= 0.6 is 0 Å². The third-order valence-electron chi connectivity index (χ3n) is 5.09. The highest BCUT2D eigenvalue weighted by molar-refractivity contribution is 6.24. The summed E-state index contributed by atoms with van der Waals surface area (Å²) in [5, 5.41) is 3.74. The van der Waals surface area contributed by atoms with Gasteiger partial charge < -0.3 is 16.0 Å². The SMILES string of the molecule is NC(=O)C(=Cc1c[nH]c2nccc(NC(=O)CN3CCCC3)c12)c1ccccc1. The predicted molar refractivity (Wildman–Crippen MR) is 114 cm³/mol. The molecular weight excluding hydrogens is 366 g/mol. The van der Waals surface area contributed by atoms with Gasteiger partial charge in [0.1, 0.15) is 5.65 Å². The number of rotatable bonds is 6. The first kappa shape index (κ1) is 18.9. The Hall–Kier alpha value is -3.45. The van der Waals surface area contributed by atoms with E-state index in [1.54, 1.807) is 24.5 Å². The van der Waals surface area contributed by atoms with E-state index in [9.17, 15) is 9.59 Å². The monoisotopic (exact) mass is 389 g/mol. The van der Waals surface area contributed by atoms with Crippen LogP contribution in [0.15, 0.2) is 48.8 Å². The number of nitrogens with two attached hydrogens (primary N) is 1. The van der Waals surface area contributed by atoms with E-state index in [0.29, 0.717) is 23.5 Å². The molecule has 1 aliphatic rings. The van der Waals surface area contributed by atoms with Gasteiger partial charge in [0.25, 0.3) is 0 Å². The maximum Gasteiger partial charge on any atom is 0.249 e. The van der Waals surface area contributed by atoms with Crippen molar-refractivity contribution < 1.29 is 9.59 Å². The fraction of sp³-hybridized carbons (Fsp3) is 0.227. The van der Waals surface area contributed by atoms with Crippen molar-refractivity contribution in [2.75, 3.05) is 25.0 Å². The number of anilines is 1. The zero-order valence-electron chi connectivity index (χ0n) is 16.0. The first-order valence-corrected chi connectivity index (χ1v) is 9.67. The van der Waals surface area contributed by atoms with E-state index in [-0.39, 0.29) is 5.91 Å². The highest BCUT2D eigenvalue weighted by Crippen LogP contribution is 2.29. The second-order valence-electron chi connectivity index (χ2n) is 7.15. The quantitative estimate of drug-likeness (QED) is 0.564. The van der Waals surface area contributed by atoms with Gasteiger partial charge in [-0.15, -0.1) is 0 Å². The summed E-state index contributed by atoms with van der Waals surface area (Å²) in [6.45, 7) is 2.28. The lowest BCUT2D eigenvalue weighted by atomic mass is 10.0. The van der Waals surface area contributed by atoms with Crippen LogP contribution in [0.3, 0.4) is 0 Å². The molecule has 1 fully saturated rings. The van der Waals surface area contributed by atoms with Crippen molar-refractivity contribution in [3.63, 3.8) is 0 Å². The Bertz CT molecular complexity index is 1070. The van der Waals surface area contributed by atoms with Gasteiger partial charge in [0.15, 0.2) is 0 Å². The number of primary amides is 1. The van der Waals surface area contributed by atoms with Crippen LogP contribution in [0.5, 0.6) is 0 Å². The minimum Gasteiger partial charge on any atom is -0.366 e. The Morgan fingerprint density at radius 3 is 2.66 bits per heavy atom. The molecule has 0 unspecified atom stereocenters. The molecule has 29 heavy (non-hydrogen) atoms. The fourth-order valence-electron chi connectivity index (χ4n) is 3.70. The second kappa shape index (κ2) is 8.28. The van der Waals surface area contributed by atoms with E-state index in [1.807, 2.05) is 30.3 Å². The Balaban J connectivity index is 1.68. The van der Waals surface area contributed by atoms with Gasteiger partial charge in [0, 0.05) is 28.9 Å². The molecule has 0 aliphatic carbocycles. The maximum atomic E-state index is 12.5. The number of aromatic amines is 1. The molecule has 3 aromatic rings. The maximum absolute atomic E-state index is 12.5. The van der Waals surface area contributed by atoms with Crippen molar-refractivity contribution in [2.45, 2.75) is 12.8 Å². The van der Waals surface area contributed by atoms with Crippen LogP contribution < -0.4 is 11.1 Å². The van der Waals surface area contributed by atoms with Gasteiger partial charge in [-0.3, -0.25) is 14.5 Å². The van der Waals surface area contributed by atoms with Crippen LogP contribution in [0.25, 0.3) is 22.7 Å². The lowest BCUT2D eigenvalue weighted by Crippen LogP contribution is -2.30. The van der Waals surface area contributed by atoms with Gasteiger partial charge in [0.05, 0.1) is 12.2 Å². The van der Waals surface area contributed by atoms with E-state index < -0.39 is 5.91 Å². The Morgan fingerprint density at radius 1 is 1.17 bits per heavy atom. The van der Waals surface area contributed by atoms with Crippen LogP contribution in [0.1, 0.15) is 24.0 Å². The number of likely N-dealkylation sites (tertiary alicyclic amines) is 1. The number of aromatic nitrogens is 2. The van der Waals surface area contributed by atoms with Crippen LogP contribution in [-0.4, -0.2) is 46.3 Å². The summed E-state index contributed by atoms with van der Waals surface area (Å²) in [4.78, 5) is 34.2. The van der Waals surface area contributed by atoms with E-state index in [1.165, 1.54) is 0 Å². The lowest BCUT2D eigenvalue weighted by molar-refractivity contribution is -0.117. The highest BCUT2D eigenvalue weighted by atomic mass is 16.2. The molecule has 2 aromatic heterocycles. The fourth-order valence-corrected chi connectivity index (χ4v) is 3.70. The summed E-state index contributed by atoms with van der Waals surface area (Å²) in [6, 6.07) is 11.0. The van der Waals surface area contributed by atoms with Crippen molar-refractivity contribution in [3.05, 3.63) is 59.9 Å². The number of carbonyl (C=O) groups is 2. The normalized spacial score (nSPS) is 15.0. The number of nitrogens with zero attached hydrogens (tertiary/aromatic N) is 2. The predicted octanol–water partition coefficient (Wildman–Crippen LogP) is 2.62. The third kappa shape index (κ3) is 4.20. The van der Waals surface area contributed by atoms with Gasteiger partial charge in [-0.2, -0.15) is 0 Å². The lowest BCUT2D eigenvalue weighted by Gasteiger charge is -2.14. The number of amides is 2. The largest absolute Gasteiger partial charge is 0.366 e. The van der Waals surface area contributed by atoms with E-state index in [2.05, 4.69) is 20.2 Å². The number of carbonyl (C=O) groups excluding carboxylic acids is 2. The average Bonchev–Trinajstić information content (AvgIpc) is 3.37. The van der Waals surface area contributed by atoms with Gasteiger partial charge in [-0.25, -0.2) is 4.98 Å². The summed E-state index contributed by atoms with van der Waals surface area (Å²) in [5.74, 6) is -0.581. The summed E-state index contributed by atoms with van der Waals surface area (Å²) < 4.78 is 0. The van der Waals surface area contributed by atoms with Gasteiger partial charge >= 0.3 is 0 Å². The smallest absolute Gasteiger partial charge is 0.249 e. The van der Waals surface area contributed by atoms with Crippen molar-refractivity contribution in [2.24, 2.45) is 5.73 Å². The Labute approximate surface area is 168 Å². The highest BCUT2D eigenvalue weighted by Gasteiger charge is 2.17. The minimum absolute atomic E-state index is 0.0614. The molecule has 7 nitrogen and oxygen atoms in total. The summed E-state index contributed by atoms with van der Waals surface area (Å²) >= 11 is 0. The molecule has 0 atom stereocenters. The van der Waals surface area contributed by atoms with Gasteiger partial charge in [-0.1, -0.05) is 30.3 Å². The number of nitrogens with one attached hydrogen (secondary N) is 2. The molecule has 0 radical (unpaired) electrons. The van der Waals surface area contributed by atoms with Crippen LogP contribution in [0.4, 0.5) is 5.69 Å². The number of benzene rings is 1. The van der Waals surface area contributed by atoms with Crippen LogP contribution in [0.2, 0.25) is 0 Å². The molecule has 4 rings (SSSR count). The molecule has 3 heterocycles. The average molecular weight is 389 g/mol. The van der Waals surface area contributed by atoms with Crippen molar-refractivity contribution in [1.82, 2.24) is 14.9 Å². The van der Waals surface area contributed by atoms with E-state index in [4.69, 9.17) is 5.73 Å².